The number of aliphatic hydroxyl groups is 1. The number of aliphatic hydroxyl groups excluding tert-OH is 1. The molecular formula is C6H9NO2. The molecule has 0 aromatic rings. The Kier molecular flexibility index (Phi) is 3.65. The predicted octanol–water partition coefficient (Wildman–Crippen LogP) is 0.240. The van der Waals surface area contributed by atoms with Crippen molar-refractivity contribution >= 4 is 5.78 Å². The summed E-state index contributed by atoms with van der Waals surface area (Å²) in [4.78, 5) is 10.3. The van der Waals surface area contributed by atoms with Crippen molar-refractivity contribution < 1.29 is 9.90 Å². The van der Waals surface area contributed by atoms with Gasteiger partial charge in [-0.2, -0.15) is 5.26 Å². The summed E-state index contributed by atoms with van der Waals surface area (Å²) >= 11 is 0. The minimum Gasteiger partial charge on any atom is -0.384 e. The van der Waals surface area contributed by atoms with Gasteiger partial charge >= 0.3 is 0 Å². The van der Waals surface area contributed by atoms with Crippen LogP contribution in [0.2, 0.25) is 0 Å². The molecule has 9 heavy (non-hydrogen) atoms. The highest BCUT2D eigenvalue weighted by Crippen LogP contribution is 1.95. The van der Waals surface area contributed by atoms with E-state index in [2.05, 4.69) is 0 Å². The van der Waals surface area contributed by atoms with Crippen LogP contribution in [0.15, 0.2) is 0 Å². The fourth-order valence-corrected chi connectivity index (χ4v) is 0.479. The lowest BCUT2D eigenvalue weighted by atomic mass is 10.1. The molecule has 0 radical (unpaired) electrons. The third kappa shape index (κ3) is 2.83. The third-order valence-electron chi connectivity index (χ3n) is 0.975. The number of ketones is 1. The molecule has 1 atom stereocenters. The lowest BCUT2D eigenvalue weighted by molar-refractivity contribution is -0.121. The molecule has 0 fully saturated rings. The van der Waals surface area contributed by atoms with Gasteiger partial charge in [-0.25, -0.2) is 0 Å². The number of carbonyl (C=O) groups is 1. The summed E-state index contributed by atoms with van der Waals surface area (Å²) in [5.74, 6) is -0.739. The van der Waals surface area contributed by atoms with E-state index in [4.69, 9.17) is 10.4 Å². The fourth-order valence-electron chi connectivity index (χ4n) is 0.479. The largest absolute Gasteiger partial charge is 0.384 e. The van der Waals surface area contributed by atoms with Gasteiger partial charge in [-0.15, -0.1) is 0 Å². The average molecular weight is 127 g/mol. The van der Waals surface area contributed by atoms with Crippen molar-refractivity contribution in [2.75, 3.05) is 0 Å². The van der Waals surface area contributed by atoms with Crippen LogP contribution in [0.25, 0.3) is 0 Å². The SMILES string of the molecule is CCCC(O)C(=O)C#N. The molecule has 50 valence electrons. The minimum atomic E-state index is -1.07. The van der Waals surface area contributed by atoms with Crippen LogP contribution in [-0.4, -0.2) is 17.0 Å². The lowest BCUT2D eigenvalue weighted by Gasteiger charge is -1.99. The van der Waals surface area contributed by atoms with E-state index in [0.717, 1.165) is 0 Å². The first-order valence-electron chi connectivity index (χ1n) is 2.84. The fraction of sp³-hybridized carbons (Fsp3) is 0.667. The quantitative estimate of drug-likeness (QED) is 0.552. The van der Waals surface area contributed by atoms with Gasteiger partial charge in [0.2, 0.25) is 0 Å². The maximum atomic E-state index is 10.3. The van der Waals surface area contributed by atoms with Crippen LogP contribution in [0, 0.1) is 11.3 Å². The zero-order valence-corrected chi connectivity index (χ0v) is 5.29. The molecule has 0 rings (SSSR count). The summed E-state index contributed by atoms with van der Waals surface area (Å²) in [6.07, 6.45) is 0.0287. The van der Waals surface area contributed by atoms with E-state index in [9.17, 15) is 4.79 Å². The zero-order valence-electron chi connectivity index (χ0n) is 5.29. The summed E-state index contributed by atoms with van der Waals surface area (Å²) in [5, 5.41) is 16.7. The van der Waals surface area contributed by atoms with Crippen molar-refractivity contribution in [3.8, 4) is 6.07 Å². The van der Waals surface area contributed by atoms with Gasteiger partial charge in [0.15, 0.2) is 0 Å². The number of rotatable bonds is 3. The number of carbonyl (C=O) groups excluding carboxylic acids is 1. The monoisotopic (exact) mass is 127 g/mol. The summed E-state index contributed by atoms with van der Waals surface area (Å²) in [6, 6.07) is 1.36. The van der Waals surface area contributed by atoms with Crippen molar-refractivity contribution in [1.82, 2.24) is 0 Å². The van der Waals surface area contributed by atoms with Crippen molar-refractivity contribution in [3.63, 3.8) is 0 Å². The number of Topliss-reactive ketones (excluding diaryl/α,β-unsaturated/α-hetero) is 1. The smallest absolute Gasteiger partial charge is 0.260 e. The Morgan fingerprint density at radius 3 is 2.78 bits per heavy atom. The summed E-state index contributed by atoms with van der Waals surface area (Å²) in [6.45, 7) is 1.84. The van der Waals surface area contributed by atoms with E-state index in [1.165, 1.54) is 6.07 Å². The number of hydrogen-bond acceptors (Lipinski definition) is 3. The molecule has 0 aromatic heterocycles. The van der Waals surface area contributed by atoms with Gasteiger partial charge in [-0.1, -0.05) is 13.3 Å². The summed E-state index contributed by atoms with van der Waals surface area (Å²) in [5.41, 5.74) is 0. The van der Waals surface area contributed by atoms with Crippen LogP contribution in [0.1, 0.15) is 19.8 Å². The highest BCUT2D eigenvalue weighted by molar-refractivity contribution is 5.96. The van der Waals surface area contributed by atoms with Gasteiger partial charge in [0.25, 0.3) is 5.78 Å². The molecule has 1 N–H and O–H groups in total. The van der Waals surface area contributed by atoms with Crippen molar-refractivity contribution in [3.05, 3.63) is 0 Å². The van der Waals surface area contributed by atoms with Crippen molar-refractivity contribution in [2.24, 2.45) is 0 Å². The second-order valence-corrected chi connectivity index (χ2v) is 1.78. The topological polar surface area (TPSA) is 61.1 Å². The third-order valence-corrected chi connectivity index (χ3v) is 0.975. The van der Waals surface area contributed by atoms with Crippen LogP contribution in [-0.2, 0) is 4.79 Å². The van der Waals surface area contributed by atoms with Crippen molar-refractivity contribution in [1.29, 1.82) is 5.26 Å². The molecule has 1 unspecified atom stereocenters. The molecule has 0 aromatic carbocycles. The van der Waals surface area contributed by atoms with E-state index in [0.29, 0.717) is 12.8 Å². The Morgan fingerprint density at radius 1 is 1.89 bits per heavy atom. The number of hydrogen-bond donors (Lipinski definition) is 1. The first kappa shape index (κ1) is 8.12. The van der Waals surface area contributed by atoms with E-state index in [1.54, 1.807) is 0 Å². The molecule has 0 amide bonds. The Morgan fingerprint density at radius 2 is 2.44 bits per heavy atom. The van der Waals surface area contributed by atoms with Crippen LogP contribution in [0.5, 0.6) is 0 Å². The lowest BCUT2D eigenvalue weighted by Crippen LogP contribution is -2.17. The molecular weight excluding hydrogens is 118 g/mol. The molecule has 0 heterocycles. The maximum Gasteiger partial charge on any atom is 0.260 e. The van der Waals surface area contributed by atoms with Gasteiger partial charge in [-0.05, 0) is 6.42 Å². The molecule has 0 aliphatic heterocycles. The van der Waals surface area contributed by atoms with Crippen LogP contribution in [0.4, 0.5) is 0 Å². The first-order chi connectivity index (χ1) is 4.22. The molecule has 3 heteroatoms. The minimum absolute atomic E-state index is 0.381. The van der Waals surface area contributed by atoms with E-state index < -0.39 is 11.9 Å². The average Bonchev–Trinajstić information content (AvgIpc) is 1.87. The van der Waals surface area contributed by atoms with Crippen molar-refractivity contribution in [2.45, 2.75) is 25.9 Å². The van der Waals surface area contributed by atoms with Gasteiger partial charge in [0, 0.05) is 0 Å². The predicted molar refractivity (Wildman–Crippen MR) is 31.5 cm³/mol. The Labute approximate surface area is 53.9 Å². The van der Waals surface area contributed by atoms with Crippen LogP contribution < -0.4 is 0 Å². The molecule has 0 aliphatic rings. The molecule has 0 spiro atoms. The highest BCUT2D eigenvalue weighted by Gasteiger charge is 2.11. The molecule has 0 saturated heterocycles. The number of nitrogens with zero attached hydrogens (tertiary/aromatic N) is 1. The number of nitriles is 1. The van der Waals surface area contributed by atoms with Crippen LogP contribution in [0.3, 0.4) is 0 Å². The molecule has 0 saturated carbocycles. The summed E-state index contributed by atoms with van der Waals surface area (Å²) in [7, 11) is 0. The van der Waals surface area contributed by atoms with Gasteiger partial charge < -0.3 is 5.11 Å². The Bertz CT molecular complexity index is 136. The van der Waals surface area contributed by atoms with E-state index in [-0.39, 0.29) is 0 Å². The second-order valence-electron chi connectivity index (χ2n) is 1.78. The maximum absolute atomic E-state index is 10.3. The Hall–Kier alpha value is -0.880. The molecule has 0 aliphatic carbocycles. The normalized spacial score (nSPS) is 12.1. The standard InChI is InChI=1S/C6H9NO2/c1-2-3-5(8)6(9)4-7/h5,8H,2-3H2,1H3. The van der Waals surface area contributed by atoms with Gasteiger partial charge in [0.05, 0.1) is 0 Å². The second kappa shape index (κ2) is 4.04. The Balaban J connectivity index is 3.62. The van der Waals surface area contributed by atoms with Gasteiger partial charge in [0.1, 0.15) is 12.2 Å². The zero-order chi connectivity index (χ0) is 7.28. The van der Waals surface area contributed by atoms with Crippen LogP contribution >= 0.6 is 0 Å². The molecule has 0 bridgehead atoms. The molecule has 3 nitrogen and oxygen atoms in total. The van der Waals surface area contributed by atoms with E-state index in [1.807, 2.05) is 6.92 Å². The van der Waals surface area contributed by atoms with Gasteiger partial charge in [-0.3, -0.25) is 4.79 Å². The first-order valence-corrected chi connectivity index (χ1v) is 2.84. The summed E-state index contributed by atoms with van der Waals surface area (Å²) < 4.78 is 0. The highest BCUT2D eigenvalue weighted by atomic mass is 16.3. The van der Waals surface area contributed by atoms with E-state index >= 15 is 0 Å².